The third-order valence-electron chi connectivity index (χ3n) is 7.98. The summed E-state index contributed by atoms with van der Waals surface area (Å²) in [4.78, 5) is 17.0. The van der Waals surface area contributed by atoms with Gasteiger partial charge in [0.25, 0.3) is 0 Å². The highest BCUT2D eigenvalue weighted by Crippen LogP contribution is 2.47. The van der Waals surface area contributed by atoms with Crippen molar-refractivity contribution in [3.63, 3.8) is 0 Å². The van der Waals surface area contributed by atoms with Crippen LogP contribution in [0.3, 0.4) is 0 Å². The summed E-state index contributed by atoms with van der Waals surface area (Å²) in [6.07, 6.45) is 8.12. The van der Waals surface area contributed by atoms with E-state index in [1.165, 1.54) is 32.1 Å². The Labute approximate surface area is 230 Å². The Morgan fingerprint density at radius 2 is 1.59 bits per heavy atom. The molecule has 0 aliphatic carbocycles. The van der Waals surface area contributed by atoms with Crippen molar-refractivity contribution >= 4 is 34.2 Å². The predicted molar refractivity (Wildman–Crippen MR) is 159 cm³/mol. The lowest BCUT2D eigenvalue weighted by Gasteiger charge is -2.37. The largest absolute Gasteiger partial charge is 0.472 e. The van der Waals surface area contributed by atoms with Gasteiger partial charge in [-0.3, -0.25) is 0 Å². The van der Waals surface area contributed by atoms with Crippen LogP contribution in [0.2, 0.25) is 0 Å². The molecule has 39 heavy (non-hydrogen) atoms. The van der Waals surface area contributed by atoms with Crippen molar-refractivity contribution in [2.75, 3.05) is 44.1 Å². The molecular weight excluding hydrogens is 484 g/mol. The lowest BCUT2D eigenvalue weighted by molar-refractivity contribution is 0.0601. The highest BCUT2D eigenvalue weighted by atomic mass is 16.5. The van der Waals surface area contributed by atoms with Gasteiger partial charge in [0.05, 0.1) is 12.7 Å². The summed E-state index contributed by atoms with van der Waals surface area (Å²) < 4.78 is 12.2. The zero-order chi connectivity index (χ0) is 27.0. The van der Waals surface area contributed by atoms with E-state index in [9.17, 15) is 4.79 Å². The average molecular weight is 519 g/mol. The van der Waals surface area contributed by atoms with Crippen molar-refractivity contribution in [1.29, 1.82) is 0 Å². The summed E-state index contributed by atoms with van der Waals surface area (Å²) in [7, 11) is 5.47. The zero-order valence-corrected chi connectivity index (χ0v) is 22.8. The fourth-order valence-corrected chi connectivity index (χ4v) is 5.89. The summed E-state index contributed by atoms with van der Waals surface area (Å²) in [6.45, 7) is 2.21. The molecule has 1 unspecified atom stereocenters. The van der Waals surface area contributed by atoms with E-state index < -0.39 is 5.60 Å². The van der Waals surface area contributed by atoms with E-state index in [0.29, 0.717) is 5.56 Å². The van der Waals surface area contributed by atoms with Crippen LogP contribution in [0.1, 0.15) is 46.3 Å². The number of esters is 1. The normalized spacial score (nSPS) is 18.4. The van der Waals surface area contributed by atoms with Crippen LogP contribution in [0.25, 0.3) is 16.8 Å². The summed E-state index contributed by atoms with van der Waals surface area (Å²) >= 11 is 0. The smallest absolute Gasteiger partial charge is 0.337 e. The van der Waals surface area contributed by atoms with Crippen molar-refractivity contribution in [2.45, 2.75) is 24.9 Å². The van der Waals surface area contributed by atoms with Crippen molar-refractivity contribution in [3.8, 4) is 5.75 Å². The molecule has 0 bridgehead atoms. The Bertz CT molecular complexity index is 1540. The molecule has 1 atom stereocenters. The van der Waals surface area contributed by atoms with Gasteiger partial charge in [0, 0.05) is 66.0 Å². The Morgan fingerprint density at radius 1 is 0.872 bits per heavy atom. The summed E-state index contributed by atoms with van der Waals surface area (Å²) in [5.74, 6) is 0.391. The van der Waals surface area contributed by atoms with Gasteiger partial charge in [0.1, 0.15) is 5.75 Å². The first-order chi connectivity index (χ1) is 19.0. The molecule has 0 saturated carbocycles. The Kier molecular flexibility index (Phi) is 6.51. The highest BCUT2D eigenvalue weighted by molar-refractivity contribution is 6.05. The van der Waals surface area contributed by atoms with Crippen LogP contribution in [0.4, 0.5) is 11.4 Å². The molecule has 2 aliphatic heterocycles. The second-order valence-corrected chi connectivity index (χ2v) is 10.6. The number of nitrogens with zero attached hydrogens (tertiary/aromatic N) is 2. The van der Waals surface area contributed by atoms with E-state index in [4.69, 9.17) is 9.47 Å². The number of rotatable bonds is 5. The van der Waals surface area contributed by atoms with Gasteiger partial charge in [-0.05, 0) is 55.7 Å². The molecule has 1 fully saturated rings. The second-order valence-electron chi connectivity index (χ2n) is 10.6. The van der Waals surface area contributed by atoms with Gasteiger partial charge in [-0.1, -0.05) is 54.6 Å². The van der Waals surface area contributed by atoms with E-state index in [-0.39, 0.29) is 5.97 Å². The molecule has 2 heterocycles. The molecule has 6 rings (SSSR count). The monoisotopic (exact) mass is 518 g/mol. The molecule has 5 heteroatoms. The van der Waals surface area contributed by atoms with Gasteiger partial charge in [-0.2, -0.15) is 0 Å². The number of anilines is 2. The first-order valence-corrected chi connectivity index (χ1v) is 13.7. The Hall–Kier alpha value is -4.25. The lowest BCUT2D eigenvalue weighted by Crippen LogP contribution is -2.34. The van der Waals surface area contributed by atoms with Crippen molar-refractivity contribution < 1.29 is 14.3 Å². The quantitative estimate of drug-likeness (QED) is 0.265. The molecule has 198 valence electrons. The second kappa shape index (κ2) is 10.1. The fourth-order valence-electron chi connectivity index (χ4n) is 5.89. The number of carbonyl (C=O) groups is 1. The predicted octanol–water partition coefficient (Wildman–Crippen LogP) is 7.03. The van der Waals surface area contributed by atoms with E-state index in [0.717, 1.165) is 52.0 Å². The summed E-state index contributed by atoms with van der Waals surface area (Å²) in [5, 5.41) is 1.90. The third-order valence-corrected chi connectivity index (χ3v) is 7.98. The van der Waals surface area contributed by atoms with Gasteiger partial charge in [-0.15, -0.1) is 0 Å². The minimum absolute atomic E-state index is 0.366. The number of hydrogen-bond acceptors (Lipinski definition) is 5. The van der Waals surface area contributed by atoms with Gasteiger partial charge >= 0.3 is 5.97 Å². The molecule has 0 aromatic heterocycles. The molecule has 0 radical (unpaired) electrons. The van der Waals surface area contributed by atoms with Gasteiger partial charge in [-0.25, -0.2) is 4.79 Å². The first kappa shape index (κ1) is 25.1. The highest BCUT2D eigenvalue weighted by Gasteiger charge is 2.38. The van der Waals surface area contributed by atoms with Crippen LogP contribution in [0, 0.1) is 0 Å². The number of benzene rings is 4. The molecule has 4 aromatic rings. The molecule has 2 aliphatic rings. The van der Waals surface area contributed by atoms with Crippen molar-refractivity contribution in [3.05, 3.63) is 107 Å². The molecule has 4 aromatic carbocycles. The van der Waals surface area contributed by atoms with Gasteiger partial charge in [0.2, 0.25) is 0 Å². The van der Waals surface area contributed by atoms with Gasteiger partial charge in [0.15, 0.2) is 5.60 Å². The Morgan fingerprint density at radius 3 is 2.28 bits per heavy atom. The Balaban J connectivity index is 1.52. The lowest BCUT2D eigenvalue weighted by atomic mass is 9.83. The van der Waals surface area contributed by atoms with Crippen LogP contribution < -0.4 is 14.5 Å². The van der Waals surface area contributed by atoms with Crippen molar-refractivity contribution in [1.82, 2.24) is 0 Å². The SMILES string of the molecule is COC(=O)c1ccc2c(N(C)C)cc3c(c2c1)OC(c1ccccc1)(c1ccc(N2CCCCC2)cc1)C=C3. The molecule has 0 spiro atoms. The summed E-state index contributed by atoms with van der Waals surface area (Å²) in [5.41, 5.74) is 5.08. The number of fused-ring (bicyclic) bond motifs is 3. The molecular formula is C34H34N2O3. The maximum absolute atomic E-state index is 12.5. The molecule has 1 saturated heterocycles. The minimum Gasteiger partial charge on any atom is -0.472 e. The van der Waals surface area contributed by atoms with E-state index in [2.05, 4.69) is 76.5 Å². The maximum Gasteiger partial charge on any atom is 0.337 e. The number of piperidine rings is 1. The average Bonchev–Trinajstić information content (AvgIpc) is 3.00. The topological polar surface area (TPSA) is 42.0 Å². The first-order valence-electron chi connectivity index (χ1n) is 13.7. The standard InChI is InChI=1S/C34H34N2O3/c1-35(2)31-23-24-18-19-34(26-10-6-4-7-11-26,27-13-15-28(16-14-27)36-20-8-5-9-21-36)39-32(24)30-22-25(33(37)38-3)12-17-29(30)31/h4,6-7,10-19,22-23H,5,8-9,20-21H2,1-3H3. The third kappa shape index (κ3) is 4.42. The van der Waals surface area contributed by atoms with E-state index in [1.807, 2.05) is 38.4 Å². The minimum atomic E-state index is -0.817. The molecule has 5 nitrogen and oxygen atoms in total. The van der Waals surface area contributed by atoms with Crippen LogP contribution in [-0.4, -0.2) is 40.3 Å². The number of hydrogen-bond donors (Lipinski definition) is 0. The summed E-state index contributed by atoms with van der Waals surface area (Å²) in [6, 6.07) is 27.0. The van der Waals surface area contributed by atoms with Crippen LogP contribution in [-0.2, 0) is 10.3 Å². The van der Waals surface area contributed by atoms with E-state index >= 15 is 0 Å². The maximum atomic E-state index is 12.5. The molecule has 0 N–H and O–H groups in total. The molecule has 0 amide bonds. The number of methoxy groups -OCH3 is 1. The van der Waals surface area contributed by atoms with Crippen LogP contribution in [0.15, 0.2) is 84.9 Å². The van der Waals surface area contributed by atoms with Gasteiger partial charge < -0.3 is 19.3 Å². The van der Waals surface area contributed by atoms with Crippen LogP contribution in [0.5, 0.6) is 5.75 Å². The van der Waals surface area contributed by atoms with Crippen molar-refractivity contribution in [2.24, 2.45) is 0 Å². The number of ether oxygens (including phenoxy) is 2. The van der Waals surface area contributed by atoms with E-state index in [1.54, 1.807) is 0 Å². The zero-order valence-electron chi connectivity index (χ0n) is 22.8. The number of carbonyl (C=O) groups excluding carboxylic acids is 1. The van der Waals surface area contributed by atoms with Crippen LogP contribution >= 0.6 is 0 Å². The fraction of sp³-hybridized carbons (Fsp3) is 0.265.